The Hall–Kier alpha value is -4.23. The number of aliphatic carboxylic acids is 1. The molecular weight excluding hydrogens is 617 g/mol. The number of carboxylic acid groups (broad SMARTS) is 1. The first kappa shape index (κ1) is 37.2. The van der Waals surface area contributed by atoms with E-state index in [0.29, 0.717) is 18.7 Å². The van der Waals surface area contributed by atoms with Crippen molar-refractivity contribution < 1.29 is 42.2 Å². The van der Waals surface area contributed by atoms with Crippen molar-refractivity contribution >= 4 is 29.3 Å². The second kappa shape index (κ2) is 16.1. The minimum absolute atomic E-state index is 0.00103. The largest absolute Gasteiger partial charge is 0.490 e. The van der Waals surface area contributed by atoms with Crippen LogP contribution in [0.4, 0.5) is 13.2 Å². The molecule has 1 spiro atoms. The number of nitrogens with two attached hydrogens (primary N) is 1. The highest BCUT2D eigenvalue weighted by Gasteiger charge is 2.46. The number of likely N-dealkylation sites (N-methyl/N-ethyl adjacent to an activating group) is 1. The van der Waals surface area contributed by atoms with Crippen molar-refractivity contribution in [1.29, 1.82) is 0 Å². The van der Waals surface area contributed by atoms with Gasteiger partial charge in [-0.15, -0.1) is 0 Å². The van der Waals surface area contributed by atoms with E-state index < -0.39 is 35.2 Å². The number of nitrogens with zero attached hydrogens (tertiary/aromatic N) is 1. The molecule has 0 radical (unpaired) electrons. The van der Waals surface area contributed by atoms with Crippen molar-refractivity contribution in [1.82, 2.24) is 15.5 Å². The third-order valence-electron chi connectivity index (χ3n) is 8.10. The molecule has 13 heteroatoms. The van der Waals surface area contributed by atoms with Crippen molar-refractivity contribution in [2.45, 2.75) is 82.8 Å². The van der Waals surface area contributed by atoms with Crippen molar-refractivity contribution in [2.24, 2.45) is 5.73 Å². The number of benzene rings is 2. The molecule has 3 amide bonds. The lowest BCUT2D eigenvalue weighted by Crippen LogP contribution is -2.58. The Morgan fingerprint density at radius 3 is 2.09 bits per heavy atom. The predicted molar refractivity (Wildman–Crippen MR) is 170 cm³/mol. The van der Waals surface area contributed by atoms with Gasteiger partial charge in [-0.05, 0) is 50.3 Å². The van der Waals surface area contributed by atoms with Crippen molar-refractivity contribution in [2.75, 3.05) is 19.7 Å². The van der Waals surface area contributed by atoms with Crippen molar-refractivity contribution in [3.05, 3.63) is 77.4 Å². The topological polar surface area (TPSA) is 151 Å². The maximum absolute atomic E-state index is 14.0. The highest BCUT2D eigenvalue weighted by molar-refractivity contribution is 6.23. The molecule has 2 aromatic carbocycles. The van der Waals surface area contributed by atoms with Crippen LogP contribution < -0.4 is 16.4 Å². The molecule has 256 valence electrons. The molecule has 47 heavy (non-hydrogen) atoms. The molecule has 0 unspecified atom stereocenters. The van der Waals surface area contributed by atoms with Crippen LogP contribution >= 0.6 is 0 Å². The molecule has 2 aromatic rings. The number of carbonyl (C=O) groups excluding carboxylic acids is 3. The van der Waals surface area contributed by atoms with E-state index in [2.05, 4.69) is 10.6 Å². The zero-order valence-electron chi connectivity index (χ0n) is 26.9. The van der Waals surface area contributed by atoms with Crippen molar-refractivity contribution in [3.63, 3.8) is 0 Å². The van der Waals surface area contributed by atoms with Gasteiger partial charge in [-0.3, -0.25) is 14.4 Å². The zero-order chi connectivity index (χ0) is 34.8. The number of carboxylic acids is 1. The zero-order valence-corrected chi connectivity index (χ0v) is 26.9. The SMILES string of the molecule is CCN(CC1=C(c2ccccc2)C(=O)NC12CCCCC2)C(=O)[C@@H](COCc1ccccc1)NC(=O)C(C)(C)N.O=C(O)C(F)(F)F. The number of alkyl halides is 3. The summed E-state index contributed by atoms with van der Waals surface area (Å²) in [5.74, 6) is -3.55. The molecule has 0 saturated heterocycles. The van der Waals surface area contributed by atoms with Gasteiger partial charge in [-0.2, -0.15) is 13.2 Å². The van der Waals surface area contributed by atoms with E-state index in [0.717, 1.165) is 48.8 Å². The molecule has 1 atom stereocenters. The highest BCUT2D eigenvalue weighted by Crippen LogP contribution is 2.43. The van der Waals surface area contributed by atoms with Gasteiger partial charge in [0.25, 0.3) is 5.91 Å². The van der Waals surface area contributed by atoms with Crippen LogP contribution in [-0.2, 0) is 30.5 Å². The van der Waals surface area contributed by atoms with E-state index in [1.165, 1.54) is 0 Å². The molecule has 0 bridgehead atoms. The van der Waals surface area contributed by atoms with Crippen LogP contribution in [0.1, 0.15) is 64.0 Å². The molecule has 10 nitrogen and oxygen atoms in total. The molecular formula is C34H43F3N4O6. The van der Waals surface area contributed by atoms with Gasteiger partial charge in [0, 0.05) is 18.7 Å². The molecule has 1 saturated carbocycles. The summed E-state index contributed by atoms with van der Waals surface area (Å²) in [6.07, 6.45) is -0.230. The van der Waals surface area contributed by atoms with Gasteiger partial charge in [0.1, 0.15) is 6.04 Å². The van der Waals surface area contributed by atoms with E-state index in [-0.39, 0.29) is 25.0 Å². The van der Waals surface area contributed by atoms with E-state index in [9.17, 15) is 27.6 Å². The summed E-state index contributed by atoms with van der Waals surface area (Å²) in [6.45, 7) is 6.12. The Balaban J connectivity index is 0.000000771. The fraction of sp³-hybridized carbons (Fsp3) is 0.471. The Kier molecular flexibility index (Phi) is 12.7. The number of rotatable bonds is 11. The average Bonchev–Trinajstić information content (AvgIpc) is 3.28. The normalized spacial score (nSPS) is 16.5. The number of carbonyl (C=O) groups is 4. The predicted octanol–water partition coefficient (Wildman–Crippen LogP) is 4.19. The molecule has 1 aliphatic carbocycles. The first-order chi connectivity index (χ1) is 22.1. The molecule has 5 N–H and O–H groups in total. The quantitative estimate of drug-likeness (QED) is 0.282. The van der Waals surface area contributed by atoms with Crippen LogP contribution in [0.25, 0.3) is 5.57 Å². The van der Waals surface area contributed by atoms with E-state index in [1.807, 2.05) is 67.6 Å². The van der Waals surface area contributed by atoms with Gasteiger partial charge >= 0.3 is 12.1 Å². The monoisotopic (exact) mass is 660 g/mol. The van der Waals surface area contributed by atoms with Gasteiger partial charge < -0.3 is 31.1 Å². The first-order valence-corrected chi connectivity index (χ1v) is 15.5. The summed E-state index contributed by atoms with van der Waals surface area (Å²) in [4.78, 5) is 50.9. The summed E-state index contributed by atoms with van der Waals surface area (Å²) >= 11 is 0. The molecule has 1 aliphatic heterocycles. The van der Waals surface area contributed by atoms with Crippen LogP contribution in [0.2, 0.25) is 0 Å². The highest BCUT2D eigenvalue weighted by atomic mass is 19.4. The van der Waals surface area contributed by atoms with Crippen LogP contribution in [0.15, 0.2) is 66.2 Å². The van der Waals surface area contributed by atoms with E-state index in [4.69, 9.17) is 20.4 Å². The van der Waals surface area contributed by atoms with Gasteiger partial charge in [0.15, 0.2) is 0 Å². The van der Waals surface area contributed by atoms with Gasteiger partial charge in [0.2, 0.25) is 11.8 Å². The number of amides is 3. The number of hydrogen-bond donors (Lipinski definition) is 4. The summed E-state index contributed by atoms with van der Waals surface area (Å²) in [6, 6.07) is 18.4. The molecule has 0 aromatic heterocycles. The lowest BCUT2D eigenvalue weighted by atomic mass is 9.76. The van der Waals surface area contributed by atoms with E-state index in [1.54, 1.807) is 18.7 Å². The molecule has 2 aliphatic rings. The maximum atomic E-state index is 14.0. The van der Waals surface area contributed by atoms with Crippen LogP contribution in [0.3, 0.4) is 0 Å². The average molecular weight is 661 g/mol. The number of hydrogen-bond acceptors (Lipinski definition) is 6. The molecule has 1 fully saturated rings. The Morgan fingerprint density at radius 1 is 1.02 bits per heavy atom. The summed E-state index contributed by atoms with van der Waals surface area (Å²) in [5, 5.41) is 13.3. The lowest BCUT2D eigenvalue weighted by molar-refractivity contribution is -0.192. The van der Waals surface area contributed by atoms with Crippen molar-refractivity contribution in [3.8, 4) is 0 Å². The Morgan fingerprint density at radius 2 is 1.57 bits per heavy atom. The number of halogens is 3. The van der Waals surface area contributed by atoms with Crippen LogP contribution in [0.5, 0.6) is 0 Å². The summed E-state index contributed by atoms with van der Waals surface area (Å²) in [5.41, 5.74) is 7.85. The maximum Gasteiger partial charge on any atom is 0.490 e. The molecule has 1 heterocycles. The minimum atomic E-state index is -5.08. The Bertz CT molecular complexity index is 1420. The van der Waals surface area contributed by atoms with E-state index >= 15 is 0 Å². The van der Waals surface area contributed by atoms with Crippen LogP contribution in [-0.4, -0.2) is 76.7 Å². The molecule has 4 rings (SSSR count). The van der Waals surface area contributed by atoms with Gasteiger partial charge in [-0.1, -0.05) is 79.9 Å². The summed E-state index contributed by atoms with van der Waals surface area (Å²) in [7, 11) is 0. The fourth-order valence-corrected chi connectivity index (χ4v) is 5.60. The second-order valence-corrected chi connectivity index (χ2v) is 12.2. The fourth-order valence-electron chi connectivity index (χ4n) is 5.60. The second-order valence-electron chi connectivity index (χ2n) is 12.2. The minimum Gasteiger partial charge on any atom is -0.475 e. The number of nitrogens with one attached hydrogen (secondary N) is 2. The van der Waals surface area contributed by atoms with Gasteiger partial charge in [0.05, 0.1) is 24.3 Å². The standard InChI is InChI=1S/C32H42N4O4.C2HF3O2/c1-4-36(29(38)26(34-30(39)31(2,3)33)22-40-21-23-14-8-5-9-15-23)20-25-27(24-16-10-6-11-17-24)28(37)35-32(25)18-12-7-13-19-32;3-2(4,5)1(6)7/h5-6,8-11,14-17,26H,4,7,12-13,18-22,33H2,1-3H3,(H,34,39)(H,35,37);(H,6,7)/t26-;/m1./s1. The summed E-state index contributed by atoms with van der Waals surface area (Å²) < 4.78 is 37.7. The third-order valence-corrected chi connectivity index (χ3v) is 8.10. The number of ether oxygens (including phenoxy) is 1. The Labute approximate surface area is 272 Å². The lowest BCUT2D eigenvalue weighted by Gasteiger charge is -2.38. The van der Waals surface area contributed by atoms with Gasteiger partial charge in [-0.25, -0.2) is 4.79 Å². The van der Waals surface area contributed by atoms with Crippen LogP contribution in [0, 0.1) is 0 Å². The smallest absolute Gasteiger partial charge is 0.475 e. The third kappa shape index (κ3) is 10.1. The first-order valence-electron chi connectivity index (χ1n) is 15.5.